The van der Waals surface area contributed by atoms with Crippen LogP contribution in [0.1, 0.15) is 31.4 Å². The molecule has 1 amide bonds. The van der Waals surface area contributed by atoms with E-state index in [2.05, 4.69) is 5.32 Å². The Kier molecular flexibility index (Phi) is 5.57. The van der Waals surface area contributed by atoms with Gasteiger partial charge in [0, 0.05) is 29.8 Å². The molecule has 1 aliphatic carbocycles. The molecule has 1 aliphatic rings. The van der Waals surface area contributed by atoms with Gasteiger partial charge in [0.05, 0.1) is 9.95 Å². The summed E-state index contributed by atoms with van der Waals surface area (Å²) in [7, 11) is 0. The fraction of sp³-hybridized carbons (Fsp3) is 0.263. The molecule has 8 heteroatoms. The van der Waals surface area contributed by atoms with Gasteiger partial charge in [-0.3, -0.25) is 14.9 Å². The number of furan rings is 1. The number of carbonyl (C=O) groups is 1. The van der Waals surface area contributed by atoms with E-state index in [4.69, 9.17) is 16.0 Å². The van der Waals surface area contributed by atoms with Gasteiger partial charge >= 0.3 is 0 Å². The summed E-state index contributed by atoms with van der Waals surface area (Å²) in [6.07, 6.45) is 5.37. The molecule has 0 aliphatic heterocycles. The van der Waals surface area contributed by atoms with Gasteiger partial charge in [0.25, 0.3) is 11.6 Å². The molecule has 138 valence electrons. The van der Waals surface area contributed by atoms with Crippen molar-refractivity contribution in [3.8, 4) is 17.4 Å². The lowest BCUT2D eigenvalue weighted by molar-refractivity contribution is -0.384. The molecular formula is C19H16ClN3O4. The summed E-state index contributed by atoms with van der Waals surface area (Å²) in [4.78, 5) is 22.5. The molecule has 0 spiro atoms. The molecule has 1 fully saturated rings. The Morgan fingerprint density at radius 3 is 2.70 bits per heavy atom. The first-order valence-corrected chi connectivity index (χ1v) is 8.82. The Morgan fingerprint density at radius 1 is 1.33 bits per heavy atom. The molecule has 1 saturated carbocycles. The van der Waals surface area contributed by atoms with Crippen LogP contribution < -0.4 is 5.32 Å². The van der Waals surface area contributed by atoms with Gasteiger partial charge in [-0.05, 0) is 31.0 Å². The van der Waals surface area contributed by atoms with Crippen molar-refractivity contribution in [3.05, 3.63) is 56.8 Å². The minimum atomic E-state index is -0.534. The lowest BCUT2D eigenvalue weighted by Gasteiger charge is -2.10. The normalized spacial score (nSPS) is 14.7. The number of nitrogens with zero attached hydrogens (tertiary/aromatic N) is 2. The third kappa shape index (κ3) is 4.36. The van der Waals surface area contributed by atoms with Crippen molar-refractivity contribution in [2.75, 3.05) is 0 Å². The topological polar surface area (TPSA) is 109 Å². The summed E-state index contributed by atoms with van der Waals surface area (Å²) in [5.41, 5.74) is 0.319. The molecule has 1 heterocycles. The van der Waals surface area contributed by atoms with Crippen LogP contribution in [0.25, 0.3) is 17.4 Å². The van der Waals surface area contributed by atoms with Crippen molar-refractivity contribution >= 4 is 29.3 Å². The van der Waals surface area contributed by atoms with E-state index in [0.717, 1.165) is 25.7 Å². The van der Waals surface area contributed by atoms with Gasteiger partial charge < -0.3 is 9.73 Å². The van der Waals surface area contributed by atoms with Crippen LogP contribution in [-0.4, -0.2) is 16.9 Å². The zero-order valence-corrected chi connectivity index (χ0v) is 15.0. The number of halogens is 1. The Morgan fingerprint density at radius 2 is 2.07 bits per heavy atom. The van der Waals surface area contributed by atoms with Crippen LogP contribution in [-0.2, 0) is 4.79 Å². The molecule has 3 rings (SSSR count). The van der Waals surface area contributed by atoms with Crippen LogP contribution in [0.5, 0.6) is 0 Å². The molecule has 0 atom stereocenters. The summed E-state index contributed by atoms with van der Waals surface area (Å²) in [6.45, 7) is 0. The summed E-state index contributed by atoms with van der Waals surface area (Å²) < 4.78 is 5.64. The summed E-state index contributed by atoms with van der Waals surface area (Å²) >= 11 is 6.10. The predicted molar refractivity (Wildman–Crippen MR) is 99.8 cm³/mol. The van der Waals surface area contributed by atoms with Crippen LogP contribution in [0.4, 0.5) is 5.69 Å². The number of nitrogens with one attached hydrogen (secondary N) is 1. The number of benzene rings is 1. The maximum atomic E-state index is 12.2. The monoisotopic (exact) mass is 385 g/mol. The number of hydrogen-bond acceptors (Lipinski definition) is 5. The Labute approximate surface area is 160 Å². The average molecular weight is 386 g/mol. The highest BCUT2D eigenvalue weighted by atomic mass is 35.5. The van der Waals surface area contributed by atoms with Crippen LogP contribution >= 0.6 is 11.6 Å². The fourth-order valence-electron chi connectivity index (χ4n) is 3.02. The molecule has 7 nitrogen and oxygen atoms in total. The van der Waals surface area contributed by atoms with E-state index in [0.29, 0.717) is 17.1 Å². The van der Waals surface area contributed by atoms with Crippen LogP contribution in [0.15, 0.2) is 40.3 Å². The number of hydrogen-bond donors (Lipinski definition) is 1. The van der Waals surface area contributed by atoms with E-state index in [1.165, 1.54) is 24.3 Å². The average Bonchev–Trinajstić information content (AvgIpc) is 3.31. The number of nitro benzene ring substituents is 1. The minimum absolute atomic E-state index is 0.0439. The Bertz CT molecular complexity index is 952. The smallest absolute Gasteiger partial charge is 0.270 e. The van der Waals surface area contributed by atoms with Gasteiger partial charge in [-0.2, -0.15) is 5.26 Å². The predicted octanol–water partition coefficient (Wildman–Crippen LogP) is 4.47. The molecule has 2 aromatic rings. The van der Waals surface area contributed by atoms with Crippen molar-refractivity contribution < 1.29 is 14.1 Å². The van der Waals surface area contributed by atoms with E-state index in [1.807, 2.05) is 6.07 Å². The minimum Gasteiger partial charge on any atom is -0.457 e. The molecule has 0 radical (unpaired) electrons. The zero-order chi connectivity index (χ0) is 19.4. The lowest BCUT2D eigenvalue weighted by Crippen LogP contribution is -2.33. The first-order chi connectivity index (χ1) is 13.0. The third-order valence-corrected chi connectivity index (χ3v) is 4.71. The van der Waals surface area contributed by atoms with E-state index >= 15 is 0 Å². The number of nitro groups is 1. The summed E-state index contributed by atoms with van der Waals surface area (Å²) in [5, 5.41) is 23.1. The molecule has 0 saturated heterocycles. The number of rotatable bonds is 5. The van der Waals surface area contributed by atoms with Crippen molar-refractivity contribution in [1.29, 1.82) is 5.26 Å². The molecule has 1 aromatic heterocycles. The van der Waals surface area contributed by atoms with E-state index < -0.39 is 10.8 Å². The zero-order valence-electron chi connectivity index (χ0n) is 14.3. The third-order valence-electron chi connectivity index (χ3n) is 4.40. The van der Waals surface area contributed by atoms with E-state index in [1.54, 1.807) is 12.1 Å². The second-order valence-corrected chi connectivity index (χ2v) is 6.66. The van der Waals surface area contributed by atoms with Crippen LogP contribution in [0.2, 0.25) is 5.02 Å². The number of non-ortho nitro benzene ring substituents is 1. The highest BCUT2D eigenvalue weighted by Gasteiger charge is 2.20. The van der Waals surface area contributed by atoms with Crippen LogP contribution in [0.3, 0.4) is 0 Å². The second kappa shape index (κ2) is 8.06. The summed E-state index contributed by atoms with van der Waals surface area (Å²) in [5.74, 6) is 0.280. The molecule has 0 bridgehead atoms. The van der Waals surface area contributed by atoms with Crippen molar-refractivity contribution in [2.45, 2.75) is 31.7 Å². The Hall–Kier alpha value is -3.11. The highest BCUT2D eigenvalue weighted by Crippen LogP contribution is 2.32. The fourth-order valence-corrected chi connectivity index (χ4v) is 3.28. The standard InChI is InChI=1S/C19H16ClN3O4/c20-17-10-14(23(25)26)5-7-16(17)18-8-6-15(27-18)9-12(11-21)19(24)22-13-3-1-2-4-13/h5-10,13H,1-4H2,(H,22,24)/b12-9-. The van der Waals surface area contributed by atoms with Gasteiger partial charge in [0.15, 0.2) is 0 Å². The van der Waals surface area contributed by atoms with Gasteiger partial charge in [0.2, 0.25) is 0 Å². The van der Waals surface area contributed by atoms with Crippen LogP contribution in [0, 0.1) is 21.4 Å². The number of amides is 1. The maximum Gasteiger partial charge on any atom is 0.270 e. The summed E-state index contributed by atoms with van der Waals surface area (Å²) in [6, 6.07) is 9.30. The van der Waals surface area contributed by atoms with E-state index in [-0.39, 0.29) is 22.3 Å². The Balaban J connectivity index is 1.80. The molecule has 0 unspecified atom stereocenters. The molecule has 1 N–H and O–H groups in total. The highest BCUT2D eigenvalue weighted by molar-refractivity contribution is 6.33. The van der Waals surface area contributed by atoms with Crippen molar-refractivity contribution in [1.82, 2.24) is 5.32 Å². The molecule has 27 heavy (non-hydrogen) atoms. The van der Waals surface area contributed by atoms with E-state index in [9.17, 15) is 20.2 Å². The van der Waals surface area contributed by atoms with Gasteiger partial charge in [-0.15, -0.1) is 0 Å². The first-order valence-electron chi connectivity index (χ1n) is 8.44. The number of nitriles is 1. The maximum absolute atomic E-state index is 12.2. The first kappa shape index (κ1) is 18.7. The molecular weight excluding hydrogens is 370 g/mol. The largest absolute Gasteiger partial charge is 0.457 e. The lowest BCUT2D eigenvalue weighted by atomic mass is 10.1. The van der Waals surface area contributed by atoms with Crippen molar-refractivity contribution in [3.63, 3.8) is 0 Å². The van der Waals surface area contributed by atoms with Crippen molar-refractivity contribution in [2.24, 2.45) is 0 Å². The van der Waals surface area contributed by atoms with Gasteiger partial charge in [0.1, 0.15) is 23.2 Å². The van der Waals surface area contributed by atoms with Gasteiger partial charge in [-0.25, -0.2) is 0 Å². The van der Waals surface area contributed by atoms with Gasteiger partial charge in [-0.1, -0.05) is 24.4 Å². The molecule has 1 aromatic carbocycles. The quantitative estimate of drug-likeness (QED) is 0.353. The number of carbonyl (C=O) groups excluding carboxylic acids is 1. The SMILES string of the molecule is N#C/C(=C/c1ccc(-c2ccc([N+](=O)[O-])cc2Cl)o1)C(=O)NC1CCCC1. The second-order valence-electron chi connectivity index (χ2n) is 6.25.